The number of hydrogen-bond donors (Lipinski definition) is 1. The first-order chi connectivity index (χ1) is 17.3. The largest absolute Gasteiger partial charge is 0.493 e. The van der Waals surface area contributed by atoms with E-state index in [1.54, 1.807) is 0 Å². The van der Waals surface area contributed by atoms with Crippen LogP contribution in [0.15, 0.2) is 42.6 Å². The van der Waals surface area contributed by atoms with Crippen LogP contribution in [-0.4, -0.2) is 33.3 Å². The molecule has 0 spiro atoms. The van der Waals surface area contributed by atoms with E-state index < -0.39 is 17.7 Å². The molecular formula is C30H32N2O4. The Bertz CT molecular complexity index is 1480. The molecule has 4 aromatic rings. The third-order valence-corrected chi connectivity index (χ3v) is 7.60. The van der Waals surface area contributed by atoms with Crippen molar-refractivity contribution >= 4 is 27.8 Å². The molecule has 2 aromatic heterocycles. The second-order valence-electron chi connectivity index (χ2n) is 9.90. The van der Waals surface area contributed by atoms with Gasteiger partial charge in [0.2, 0.25) is 0 Å². The highest BCUT2D eigenvalue weighted by molar-refractivity contribution is 6.08. The van der Waals surface area contributed by atoms with Crippen molar-refractivity contribution < 1.29 is 19.4 Å². The molecule has 0 saturated heterocycles. The van der Waals surface area contributed by atoms with E-state index in [1.165, 1.54) is 5.56 Å². The average Bonchev–Trinajstić information content (AvgIpc) is 2.87. The molecule has 36 heavy (non-hydrogen) atoms. The summed E-state index contributed by atoms with van der Waals surface area (Å²) in [5, 5.41) is 12.3. The summed E-state index contributed by atoms with van der Waals surface area (Å²) in [6, 6.07) is 12.0. The maximum absolute atomic E-state index is 12.8. The summed E-state index contributed by atoms with van der Waals surface area (Å²) in [7, 11) is 0. The normalized spacial score (nSPS) is 14.1. The van der Waals surface area contributed by atoms with Gasteiger partial charge in [-0.25, -0.2) is 4.79 Å². The van der Waals surface area contributed by atoms with Crippen molar-refractivity contribution in [3.63, 3.8) is 0 Å². The maximum atomic E-state index is 12.8. The van der Waals surface area contributed by atoms with Crippen molar-refractivity contribution in [1.29, 1.82) is 0 Å². The molecule has 0 saturated carbocycles. The molecule has 2 aromatic carbocycles. The van der Waals surface area contributed by atoms with Crippen molar-refractivity contribution in [3.05, 3.63) is 65.0 Å². The van der Waals surface area contributed by atoms with E-state index in [0.717, 1.165) is 56.4 Å². The molecule has 1 aliphatic rings. The van der Waals surface area contributed by atoms with Gasteiger partial charge in [0.1, 0.15) is 5.75 Å². The lowest BCUT2D eigenvalue weighted by Crippen LogP contribution is -2.32. The number of rotatable bonds is 7. The van der Waals surface area contributed by atoms with Crippen molar-refractivity contribution in [2.45, 2.75) is 65.6 Å². The second kappa shape index (κ2) is 9.17. The standard InChI is InChI=1S/C30H32N2O4/c1-6-30(5,7-2)36-28(29(33)34)24-17(3)16-22-20(9-8-18(4)32-22)26(24)21-10-11-23-25-19(13-15-35-23)12-14-31-27(21)25/h8-12,14,16,28H,6-7,13,15H2,1-5H3,(H,33,34). The van der Waals surface area contributed by atoms with Crippen molar-refractivity contribution in [2.24, 2.45) is 0 Å². The van der Waals surface area contributed by atoms with E-state index in [4.69, 9.17) is 19.4 Å². The Labute approximate surface area is 211 Å². The number of fused-ring (bicyclic) bond motifs is 1. The first-order valence-electron chi connectivity index (χ1n) is 12.6. The lowest BCUT2D eigenvalue weighted by molar-refractivity contribution is -0.164. The van der Waals surface area contributed by atoms with Crippen LogP contribution >= 0.6 is 0 Å². The zero-order valence-corrected chi connectivity index (χ0v) is 21.5. The van der Waals surface area contributed by atoms with Crippen LogP contribution in [0, 0.1) is 13.8 Å². The van der Waals surface area contributed by atoms with Crippen LogP contribution in [0.1, 0.15) is 62.1 Å². The number of aromatic nitrogens is 2. The average molecular weight is 485 g/mol. The van der Waals surface area contributed by atoms with Gasteiger partial charge in [0, 0.05) is 40.2 Å². The third kappa shape index (κ3) is 3.99. The van der Waals surface area contributed by atoms with E-state index in [9.17, 15) is 9.90 Å². The van der Waals surface area contributed by atoms with Crippen LogP contribution in [-0.2, 0) is 16.0 Å². The minimum Gasteiger partial charge on any atom is -0.493 e. The second-order valence-corrected chi connectivity index (χ2v) is 9.90. The summed E-state index contributed by atoms with van der Waals surface area (Å²) in [5.41, 5.74) is 6.28. The van der Waals surface area contributed by atoms with Crippen LogP contribution in [0.2, 0.25) is 0 Å². The number of carbonyl (C=O) groups is 1. The Hall–Kier alpha value is -3.51. The van der Waals surface area contributed by atoms with Crippen LogP contribution in [0.5, 0.6) is 5.75 Å². The zero-order valence-electron chi connectivity index (χ0n) is 21.5. The number of aliphatic carboxylic acids is 1. The number of ether oxygens (including phenoxy) is 2. The summed E-state index contributed by atoms with van der Waals surface area (Å²) in [4.78, 5) is 22.3. The van der Waals surface area contributed by atoms with Gasteiger partial charge in [-0.3, -0.25) is 9.97 Å². The lowest BCUT2D eigenvalue weighted by atomic mass is 9.86. The van der Waals surface area contributed by atoms with E-state index in [-0.39, 0.29) is 0 Å². The van der Waals surface area contributed by atoms with E-state index >= 15 is 0 Å². The molecule has 3 heterocycles. The van der Waals surface area contributed by atoms with Crippen LogP contribution < -0.4 is 4.74 Å². The van der Waals surface area contributed by atoms with Crippen LogP contribution in [0.3, 0.4) is 0 Å². The number of hydrogen-bond acceptors (Lipinski definition) is 5. The van der Waals surface area contributed by atoms with E-state index in [1.807, 2.05) is 77.2 Å². The Morgan fingerprint density at radius 3 is 2.67 bits per heavy atom. The molecular weight excluding hydrogens is 452 g/mol. The van der Waals surface area contributed by atoms with Crippen LogP contribution in [0.25, 0.3) is 32.9 Å². The number of benzene rings is 2. The van der Waals surface area contributed by atoms with Gasteiger partial charge in [-0.15, -0.1) is 0 Å². The Morgan fingerprint density at radius 2 is 1.94 bits per heavy atom. The van der Waals surface area contributed by atoms with Gasteiger partial charge in [-0.1, -0.05) is 19.9 Å². The molecule has 1 aliphatic heterocycles. The summed E-state index contributed by atoms with van der Waals surface area (Å²) in [6.07, 6.45) is 2.90. The summed E-state index contributed by atoms with van der Waals surface area (Å²) in [6.45, 7) is 10.6. The fourth-order valence-corrected chi connectivity index (χ4v) is 5.19. The van der Waals surface area contributed by atoms with Gasteiger partial charge in [0.05, 0.1) is 23.2 Å². The van der Waals surface area contributed by atoms with Crippen molar-refractivity contribution in [3.8, 4) is 16.9 Å². The summed E-state index contributed by atoms with van der Waals surface area (Å²) >= 11 is 0. The fourth-order valence-electron chi connectivity index (χ4n) is 5.19. The molecule has 1 unspecified atom stereocenters. The number of carboxylic acids is 1. The summed E-state index contributed by atoms with van der Waals surface area (Å²) < 4.78 is 12.4. The first-order valence-corrected chi connectivity index (χ1v) is 12.6. The minimum absolute atomic E-state index is 0.570. The van der Waals surface area contributed by atoms with Gasteiger partial charge in [0.25, 0.3) is 0 Å². The number of nitrogens with zero attached hydrogens (tertiary/aromatic N) is 2. The molecule has 0 aliphatic carbocycles. The summed E-state index contributed by atoms with van der Waals surface area (Å²) in [5.74, 6) is -0.197. The smallest absolute Gasteiger partial charge is 0.337 e. The number of aryl methyl sites for hydroxylation is 2. The monoisotopic (exact) mass is 484 g/mol. The molecule has 6 heteroatoms. The highest BCUT2D eigenvalue weighted by Crippen LogP contribution is 2.45. The van der Waals surface area contributed by atoms with E-state index in [0.29, 0.717) is 25.0 Å². The minimum atomic E-state index is -1.14. The van der Waals surface area contributed by atoms with Crippen molar-refractivity contribution in [1.82, 2.24) is 9.97 Å². The van der Waals surface area contributed by atoms with Gasteiger partial charge in [-0.2, -0.15) is 0 Å². The Kier molecular flexibility index (Phi) is 6.17. The zero-order chi connectivity index (χ0) is 25.6. The molecule has 0 radical (unpaired) electrons. The Balaban J connectivity index is 1.88. The maximum Gasteiger partial charge on any atom is 0.337 e. The van der Waals surface area contributed by atoms with Gasteiger partial charge < -0.3 is 14.6 Å². The quantitative estimate of drug-likeness (QED) is 0.313. The first kappa shape index (κ1) is 24.2. The third-order valence-electron chi connectivity index (χ3n) is 7.60. The van der Waals surface area contributed by atoms with E-state index in [2.05, 4.69) is 0 Å². The molecule has 1 N–H and O–H groups in total. The molecule has 6 nitrogen and oxygen atoms in total. The molecule has 5 rings (SSSR count). The molecule has 1 atom stereocenters. The highest BCUT2D eigenvalue weighted by Gasteiger charge is 2.35. The number of carboxylic acid groups (broad SMARTS) is 1. The van der Waals surface area contributed by atoms with Crippen molar-refractivity contribution in [2.75, 3.05) is 6.61 Å². The number of pyridine rings is 2. The lowest BCUT2D eigenvalue weighted by Gasteiger charge is -2.33. The van der Waals surface area contributed by atoms with Gasteiger partial charge in [-0.05, 0) is 80.6 Å². The van der Waals surface area contributed by atoms with Gasteiger partial charge >= 0.3 is 5.97 Å². The molecule has 186 valence electrons. The van der Waals surface area contributed by atoms with Crippen LogP contribution in [0.4, 0.5) is 0 Å². The molecule has 0 amide bonds. The molecule has 0 fully saturated rings. The predicted molar refractivity (Wildman–Crippen MR) is 142 cm³/mol. The Morgan fingerprint density at radius 1 is 1.17 bits per heavy atom. The highest BCUT2D eigenvalue weighted by atomic mass is 16.5. The van der Waals surface area contributed by atoms with Gasteiger partial charge in [0.15, 0.2) is 6.10 Å². The topological polar surface area (TPSA) is 81.5 Å². The molecule has 0 bridgehead atoms. The fraction of sp³-hybridized carbons (Fsp3) is 0.367. The SMILES string of the molecule is CCC(C)(CC)OC(C(=O)O)c1c(C)cc2nc(C)ccc2c1-c1ccc2c3c(ccnc13)CCO2. The predicted octanol–water partition coefficient (Wildman–Crippen LogP) is 6.72.